The quantitative estimate of drug-likeness (QED) is 0.774. The van der Waals surface area contributed by atoms with E-state index >= 15 is 0 Å². The number of carbonyl (C=O) groups excluding carboxylic acids is 1. The van der Waals surface area contributed by atoms with Gasteiger partial charge < -0.3 is 18.9 Å². The molecule has 0 radical (unpaired) electrons. The third-order valence-corrected chi connectivity index (χ3v) is 4.83. The van der Waals surface area contributed by atoms with Crippen molar-refractivity contribution in [3.05, 3.63) is 48.5 Å². The first-order valence-corrected chi connectivity index (χ1v) is 8.59. The van der Waals surface area contributed by atoms with Crippen LogP contribution in [0.2, 0.25) is 0 Å². The Morgan fingerprint density at radius 1 is 1.36 bits per heavy atom. The Bertz CT molecular complexity index is 702. The molecule has 1 aliphatic rings. The van der Waals surface area contributed by atoms with E-state index in [1.54, 1.807) is 19.6 Å². The summed E-state index contributed by atoms with van der Waals surface area (Å²) < 4.78 is 13.7. The molecule has 2 heterocycles. The standard InChI is InChI=1S/C19H25N3O3/c1-16-5-3-4-6-17(16)25-14-19(24-2)8-11-22(13-19)18(23)7-10-21-12-9-20-15-21/h3-6,9,12,15H,7-8,10-11,13-14H2,1-2H3/t19-/m1/s1. The zero-order valence-electron chi connectivity index (χ0n) is 14.9. The van der Waals surface area contributed by atoms with E-state index in [1.807, 2.05) is 46.9 Å². The maximum absolute atomic E-state index is 12.5. The Hall–Kier alpha value is -2.34. The molecule has 1 fully saturated rings. The molecule has 0 saturated carbocycles. The van der Waals surface area contributed by atoms with E-state index in [0.29, 0.717) is 32.7 Å². The molecule has 2 aromatic rings. The van der Waals surface area contributed by atoms with Crippen LogP contribution in [0.1, 0.15) is 18.4 Å². The van der Waals surface area contributed by atoms with Crippen molar-refractivity contribution in [1.82, 2.24) is 14.5 Å². The lowest BCUT2D eigenvalue weighted by Gasteiger charge is -2.28. The maximum Gasteiger partial charge on any atom is 0.224 e. The first kappa shape index (κ1) is 17.5. The molecule has 1 aromatic heterocycles. The minimum absolute atomic E-state index is 0.142. The Morgan fingerprint density at radius 3 is 2.92 bits per heavy atom. The van der Waals surface area contributed by atoms with Gasteiger partial charge in [-0.05, 0) is 25.0 Å². The van der Waals surface area contributed by atoms with Crippen molar-refractivity contribution < 1.29 is 14.3 Å². The molecule has 0 unspecified atom stereocenters. The molecule has 1 atom stereocenters. The predicted octanol–water partition coefficient (Wildman–Crippen LogP) is 2.28. The van der Waals surface area contributed by atoms with Crippen molar-refractivity contribution in [2.45, 2.75) is 31.9 Å². The molecule has 25 heavy (non-hydrogen) atoms. The first-order valence-electron chi connectivity index (χ1n) is 8.59. The number of carbonyl (C=O) groups is 1. The van der Waals surface area contributed by atoms with Crippen molar-refractivity contribution in [2.24, 2.45) is 0 Å². The van der Waals surface area contributed by atoms with E-state index in [0.717, 1.165) is 17.7 Å². The molecule has 0 N–H and O–H groups in total. The topological polar surface area (TPSA) is 56.6 Å². The van der Waals surface area contributed by atoms with Gasteiger partial charge in [0, 0.05) is 39.0 Å². The fourth-order valence-corrected chi connectivity index (χ4v) is 3.13. The molecule has 6 nitrogen and oxygen atoms in total. The van der Waals surface area contributed by atoms with Crippen LogP contribution in [0.3, 0.4) is 0 Å². The number of methoxy groups -OCH3 is 1. The van der Waals surface area contributed by atoms with Crippen molar-refractivity contribution in [1.29, 1.82) is 0 Å². The predicted molar refractivity (Wildman–Crippen MR) is 94.5 cm³/mol. The van der Waals surface area contributed by atoms with Gasteiger partial charge in [-0.25, -0.2) is 4.98 Å². The van der Waals surface area contributed by atoms with Crippen LogP contribution in [0.5, 0.6) is 5.75 Å². The summed E-state index contributed by atoms with van der Waals surface area (Å²) in [5.41, 5.74) is 0.660. The van der Waals surface area contributed by atoms with Gasteiger partial charge in [-0.15, -0.1) is 0 Å². The van der Waals surface area contributed by atoms with Crippen LogP contribution in [-0.4, -0.2) is 52.8 Å². The molecule has 1 aromatic carbocycles. The van der Waals surface area contributed by atoms with Gasteiger partial charge in [-0.1, -0.05) is 18.2 Å². The van der Waals surface area contributed by atoms with Gasteiger partial charge in [0.2, 0.25) is 5.91 Å². The Labute approximate surface area is 148 Å². The van der Waals surface area contributed by atoms with Crippen LogP contribution < -0.4 is 4.74 Å². The van der Waals surface area contributed by atoms with Crippen LogP contribution in [0.4, 0.5) is 0 Å². The number of aromatic nitrogens is 2. The number of imidazole rings is 1. The number of hydrogen-bond acceptors (Lipinski definition) is 4. The summed E-state index contributed by atoms with van der Waals surface area (Å²) in [6.45, 7) is 4.38. The highest BCUT2D eigenvalue weighted by Crippen LogP contribution is 2.27. The fraction of sp³-hybridized carbons (Fsp3) is 0.474. The molecule has 0 aliphatic carbocycles. The summed E-state index contributed by atoms with van der Waals surface area (Å²) >= 11 is 0. The lowest BCUT2D eigenvalue weighted by molar-refractivity contribution is -0.132. The average Bonchev–Trinajstić information content (AvgIpc) is 3.29. The van der Waals surface area contributed by atoms with E-state index in [1.165, 1.54) is 0 Å². The van der Waals surface area contributed by atoms with Gasteiger partial charge in [-0.3, -0.25) is 4.79 Å². The summed E-state index contributed by atoms with van der Waals surface area (Å²) in [6.07, 6.45) is 6.57. The highest BCUT2D eigenvalue weighted by molar-refractivity contribution is 5.76. The SMILES string of the molecule is CO[C@]1(COc2ccccc2C)CCN(C(=O)CCn2ccnc2)C1. The van der Waals surface area contributed by atoms with E-state index in [4.69, 9.17) is 9.47 Å². The van der Waals surface area contributed by atoms with E-state index < -0.39 is 5.60 Å². The van der Waals surface area contributed by atoms with Crippen LogP contribution in [-0.2, 0) is 16.1 Å². The van der Waals surface area contributed by atoms with Crippen molar-refractivity contribution in [2.75, 3.05) is 26.8 Å². The zero-order valence-corrected chi connectivity index (χ0v) is 14.9. The number of aryl methyl sites for hydroxylation is 2. The molecule has 6 heteroatoms. The maximum atomic E-state index is 12.5. The average molecular weight is 343 g/mol. The molecule has 3 rings (SSSR count). The summed E-state index contributed by atoms with van der Waals surface area (Å²) in [5.74, 6) is 1.01. The van der Waals surface area contributed by atoms with Gasteiger partial charge in [0.1, 0.15) is 18.0 Å². The molecule has 1 amide bonds. The second-order valence-corrected chi connectivity index (χ2v) is 6.56. The highest BCUT2D eigenvalue weighted by atomic mass is 16.5. The largest absolute Gasteiger partial charge is 0.490 e. The summed E-state index contributed by atoms with van der Waals surface area (Å²) in [7, 11) is 1.70. The normalized spacial score (nSPS) is 20.0. The second-order valence-electron chi connectivity index (χ2n) is 6.56. The van der Waals surface area contributed by atoms with Crippen LogP contribution >= 0.6 is 0 Å². The second kappa shape index (κ2) is 7.70. The van der Waals surface area contributed by atoms with Crippen molar-refractivity contribution >= 4 is 5.91 Å². The number of hydrogen-bond donors (Lipinski definition) is 0. The van der Waals surface area contributed by atoms with E-state index in [9.17, 15) is 4.79 Å². The number of rotatable bonds is 7. The van der Waals surface area contributed by atoms with Crippen molar-refractivity contribution in [3.8, 4) is 5.75 Å². The van der Waals surface area contributed by atoms with Crippen molar-refractivity contribution in [3.63, 3.8) is 0 Å². The molecular weight excluding hydrogens is 318 g/mol. The van der Waals surface area contributed by atoms with Gasteiger partial charge >= 0.3 is 0 Å². The molecule has 134 valence electrons. The first-order chi connectivity index (χ1) is 12.1. The van der Waals surface area contributed by atoms with E-state index in [2.05, 4.69) is 4.98 Å². The number of benzene rings is 1. The molecule has 1 aliphatic heterocycles. The highest BCUT2D eigenvalue weighted by Gasteiger charge is 2.41. The smallest absolute Gasteiger partial charge is 0.224 e. The van der Waals surface area contributed by atoms with Gasteiger partial charge in [-0.2, -0.15) is 0 Å². The summed E-state index contributed by atoms with van der Waals surface area (Å²) in [5, 5.41) is 0. The molecule has 1 saturated heterocycles. The summed E-state index contributed by atoms with van der Waals surface area (Å²) in [6, 6.07) is 7.93. The van der Waals surface area contributed by atoms with Crippen LogP contribution in [0.25, 0.3) is 0 Å². The van der Waals surface area contributed by atoms with E-state index in [-0.39, 0.29) is 5.91 Å². The Morgan fingerprint density at radius 2 is 2.20 bits per heavy atom. The number of ether oxygens (including phenoxy) is 2. The zero-order chi connectivity index (χ0) is 17.7. The third kappa shape index (κ3) is 4.20. The fourth-order valence-electron chi connectivity index (χ4n) is 3.13. The Kier molecular flexibility index (Phi) is 5.38. The van der Waals surface area contributed by atoms with Gasteiger partial charge in [0.05, 0.1) is 12.9 Å². The lowest BCUT2D eigenvalue weighted by Crippen LogP contribution is -2.42. The summed E-state index contributed by atoms with van der Waals surface area (Å²) in [4.78, 5) is 18.3. The molecule has 0 spiro atoms. The number of likely N-dealkylation sites (tertiary alicyclic amines) is 1. The minimum atomic E-state index is -0.438. The minimum Gasteiger partial charge on any atom is -0.490 e. The molecular formula is C19H25N3O3. The lowest BCUT2D eigenvalue weighted by atomic mass is 10.0. The number of nitrogens with zero attached hydrogens (tertiary/aromatic N) is 3. The van der Waals surface area contributed by atoms with Gasteiger partial charge in [0.15, 0.2) is 0 Å². The molecule has 0 bridgehead atoms. The third-order valence-electron chi connectivity index (χ3n) is 4.83. The Balaban J connectivity index is 1.54. The number of para-hydroxylation sites is 1. The van der Waals surface area contributed by atoms with Crippen LogP contribution in [0.15, 0.2) is 43.0 Å². The number of amides is 1. The monoisotopic (exact) mass is 343 g/mol. The van der Waals surface area contributed by atoms with Crippen LogP contribution in [0, 0.1) is 6.92 Å². The van der Waals surface area contributed by atoms with Gasteiger partial charge in [0.25, 0.3) is 0 Å².